The standard InChI is InChI=1S/C13H19F2NS/c14-13(15)8-16-7-10-6-12(17-9-10)11-4-2-1-3-5-11/h6,9,11,13,16H,1-5,7-8H2. The first-order chi connectivity index (χ1) is 8.25. The third-order valence-electron chi connectivity index (χ3n) is 3.31. The summed E-state index contributed by atoms with van der Waals surface area (Å²) in [5.41, 5.74) is 1.15. The van der Waals surface area contributed by atoms with Crippen molar-refractivity contribution < 1.29 is 8.78 Å². The van der Waals surface area contributed by atoms with Gasteiger partial charge in [-0.2, -0.15) is 0 Å². The lowest BCUT2D eigenvalue weighted by molar-refractivity contribution is 0.145. The molecule has 1 aromatic heterocycles. The summed E-state index contributed by atoms with van der Waals surface area (Å²) in [5.74, 6) is 0.720. The zero-order valence-electron chi connectivity index (χ0n) is 9.92. The third-order valence-corrected chi connectivity index (χ3v) is 4.45. The van der Waals surface area contributed by atoms with Gasteiger partial charge in [-0.25, -0.2) is 8.78 Å². The van der Waals surface area contributed by atoms with Gasteiger partial charge in [0.25, 0.3) is 6.43 Å². The molecule has 1 heterocycles. The molecule has 1 aliphatic rings. The summed E-state index contributed by atoms with van der Waals surface area (Å²) in [6, 6.07) is 2.19. The van der Waals surface area contributed by atoms with Gasteiger partial charge in [0.05, 0.1) is 6.54 Å². The Kier molecular flexibility index (Phi) is 4.92. The number of nitrogens with one attached hydrogen (secondary N) is 1. The average Bonchev–Trinajstić information content (AvgIpc) is 2.78. The summed E-state index contributed by atoms with van der Waals surface area (Å²) in [5, 5.41) is 4.87. The molecule has 96 valence electrons. The second kappa shape index (κ2) is 6.45. The van der Waals surface area contributed by atoms with E-state index in [1.165, 1.54) is 37.0 Å². The van der Waals surface area contributed by atoms with E-state index < -0.39 is 6.43 Å². The van der Waals surface area contributed by atoms with Crippen molar-refractivity contribution in [3.63, 3.8) is 0 Å². The van der Waals surface area contributed by atoms with Crippen LogP contribution in [-0.4, -0.2) is 13.0 Å². The first-order valence-electron chi connectivity index (χ1n) is 6.32. The summed E-state index contributed by atoms with van der Waals surface area (Å²) in [7, 11) is 0. The fourth-order valence-electron chi connectivity index (χ4n) is 2.41. The van der Waals surface area contributed by atoms with Gasteiger partial charge in [0, 0.05) is 11.4 Å². The van der Waals surface area contributed by atoms with Gasteiger partial charge in [-0.15, -0.1) is 11.3 Å². The van der Waals surface area contributed by atoms with Crippen molar-refractivity contribution in [3.05, 3.63) is 21.9 Å². The van der Waals surface area contributed by atoms with Crippen molar-refractivity contribution in [2.75, 3.05) is 6.54 Å². The lowest BCUT2D eigenvalue weighted by Crippen LogP contribution is -2.20. The van der Waals surface area contributed by atoms with Gasteiger partial charge in [-0.1, -0.05) is 19.3 Å². The molecule has 1 aliphatic carbocycles. The van der Waals surface area contributed by atoms with Crippen LogP contribution in [0.15, 0.2) is 11.4 Å². The van der Waals surface area contributed by atoms with Crippen LogP contribution in [0.3, 0.4) is 0 Å². The second-order valence-corrected chi connectivity index (χ2v) is 5.66. The lowest BCUT2D eigenvalue weighted by Gasteiger charge is -2.19. The molecule has 0 saturated heterocycles. The van der Waals surface area contributed by atoms with E-state index in [1.807, 2.05) is 0 Å². The molecule has 0 unspecified atom stereocenters. The Morgan fingerprint density at radius 1 is 1.29 bits per heavy atom. The van der Waals surface area contributed by atoms with Gasteiger partial charge in [0.15, 0.2) is 0 Å². The van der Waals surface area contributed by atoms with Crippen LogP contribution in [0.1, 0.15) is 48.5 Å². The number of thiophene rings is 1. The van der Waals surface area contributed by atoms with Crippen LogP contribution in [0.5, 0.6) is 0 Å². The van der Waals surface area contributed by atoms with E-state index in [9.17, 15) is 8.78 Å². The molecule has 1 N–H and O–H groups in total. The van der Waals surface area contributed by atoms with E-state index in [1.54, 1.807) is 11.3 Å². The first-order valence-corrected chi connectivity index (χ1v) is 7.20. The maximum Gasteiger partial charge on any atom is 0.250 e. The Morgan fingerprint density at radius 3 is 2.76 bits per heavy atom. The number of halogens is 2. The highest BCUT2D eigenvalue weighted by Crippen LogP contribution is 2.35. The van der Waals surface area contributed by atoms with Gasteiger partial charge >= 0.3 is 0 Å². The van der Waals surface area contributed by atoms with E-state index in [0.717, 1.165) is 11.5 Å². The van der Waals surface area contributed by atoms with Crippen LogP contribution in [0.2, 0.25) is 0 Å². The molecule has 0 bridgehead atoms. The minimum absolute atomic E-state index is 0.214. The maximum absolute atomic E-state index is 12.0. The van der Waals surface area contributed by atoms with Crippen LogP contribution >= 0.6 is 11.3 Å². The second-order valence-electron chi connectivity index (χ2n) is 4.71. The van der Waals surface area contributed by atoms with Crippen molar-refractivity contribution >= 4 is 11.3 Å². The highest BCUT2D eigenvalue weighted by molar-refractivity contribution is 7.10. The molecule has 1 nitrogen and oxygen atoms in total. The molecule has 0 amide bonds. The Hall–Kier alpha value is -0.480. The number of alkyl halides is 2. The molecular weight excluding hydrogens is 240 g/mol. The number of hydrogen-bond acceptors (Lipinski definition) is 2. The van der Waals surface area contributed by atoms with Crippen LogP contribution in [-0.2, 0) is 6.54 Å². The molecule has 0 atom stereocenters. The summed E-state index contributed by atoms with van der Waals surface area (Å²) in [6.07, 6.45) is 4.37. The monoisotopic (exact) mass is 259 g/mol. The van der Waals surface area contributed by atoms with E-state index in [4.69, 9.17) is 0 Å². The van der Waals surface area contributed by atoms with Crippen molar-refractivity contribution in [3.8, 4) is 0 Å². The molecule has 0 radical (unpaired) electrons. The van der Waals surface area contributed by atoms with Gasteiger partial charge in [0.1, 0.15) is 0 Å². The Morgan fingerprint density at radius 2 is 2.06 bits per heavy atom. The van der Waals surface area contributed by atoms with E-state index >= 15 is 0 Å². The molecule has 0 spiro atoms. The fourth-order valence-corrected chi connectivity index (χ4v) is 3.50. The minimum Gasteiger partial charge on any atom is -0.307 e. The molecular formula is C13H19F2NS. The molecule has 1 aromatic rings. The van der Waals surface area contributed by atoms with E-state index in [0.29, 0.717) is 6.54 Å². The zero-order chi connectivity index (χ0) is 12.1. The molecule has 0 aromatic carbocycles. The molecule has 2 rings (SSSR count). The Balaban J connectivity index is 1.82. The van der Waals surface area contributed by atoms with Gasteiger partial charge in [-0.05, 0) is 35.8 Å². The predicted molar refractivity (Wildman–Crippen MR) is 67.9 cm³/mol. The lowest BCUT2D eigenvalue weighted by atomic mass is 9.88. The van der Waals surface area contributed by atoms with E-state index in [-0.39, 0.29) is 6.54 Å². The van der Waals surface area contributed by atoms with Crippen LogP contribution in [0.4, 0.5) is 8.78 Å². The third kappa shape index (κ3) is 4.03. The largest absolute Gasteiger partial charge is 0.307 e. The quantitative estimate of drug-likeness (QED) is 0.837. The first kappa shape index (κ1) is 13.0. The maximum atomic E-state index is 12.0. The Labute approximate surface area is 105 Å². The average molecular weight is 259 g/mol. The predicted octanol–water partition coefficient (Wildman–Crippen LogP) is 4.15. The molecule has 4 heteroatoms. The summed E-state index contributed by atoms with van der Waals surface area (Å²) in [6.45, 7) is 0.349. The smallest absolute Gasteiger partial charge is 0.250 e. The SMILES string of the molecule is FC(F)CNCc1csc(C2CCCCC2)c1. The van der Waals surface area contributed by atoms with Crippen molar-refractivity contribution in [1.82, 2.24) is 5.32 Å². The van der Waals surface area contributed by atoms with Crippen molar-refractivity contribution in [2.45, 2.75) is 51.0 Å². The van der Waals surface area contributed by atoms with Crippen LogP contribution < -0.4 is 5.32 Å². The highest BCUT2D eigenvalue weighted by atomic mass is 32.1. The van der Waals surface area contributed by atoms with Crippen molar-refractivity contribution in [1.29, 1.82) is 0 Å². The zero-order valence-corrected chi connectivity index (χ0v) is 10.7. The number of hydrogen-bond donors (Lipinski definition) is 1. The summed E-state index contributed by atoms with van der Waals surface area (Å²) < 4.78 is 23.9. The Bertz CT molecular complexity index is 332. The molecule has 0 aliphatic heterocycles. The van der Waals surface area contributed by atoms with Crippen LogP contribution in [0, 0.1) is 0 Å². The van der Waals surface area contributed by atoms with E-state index in [2.05, 4.69) is 16.8 Å². The minimum atomic E-state index is -2.26. The molecule has 1 saturated carbocycles. The molecule has 1 fully saturated rings. The van der Waals surface area contributed by atoms with Crippen molar-refractivity contribution in [2.24, 2.45) is 0 Å². The summed E-state index contributed by atoms with van der Waals surface area (Å²) >= 11 is 1.79. The van der Waals surface area contributed by atoms with Gasteiger partial charge in [0.2, 0.25) is 0 Å². The van der Waals surface area contributed by atoms with Gasteiger partial charge in [-0.3, -0.25) is 0 Å². The summed E-state index contributed by atoms with van der Waals surface area (Å²) in [4.78, 5) is 1.44. The van der Waals surface area contributed by atoms with Gasteiger partial charge < -0.3 is 5.32 Å². The number of rotatable bonds is 5. The highest BCUT2D eigenvalue weighted by Gasteiger charge is 2.17. The molecule has 17 heavy (non-hydrogen) atoms. The van der Waals surface area contributed by atoms with Crippen LogP contribution in [0.25, 0.3) is 0 Å². The fraction of sp³-hybridized carbons (Fsp3) is 0.692. The normalized spacial score (nSPS) is 17.8. The topological polar surface area (TPSA) is 12.0 Å².